The molecule has 1 aliphatic heterocycles. The molecule has 1 atom stereocenters. The minimum Gasteiger partial charge on any atom is -0.359 e. The lowest BCUT2D eigenvalue weighted by Crippen LogP contribution is -2.42. The van der Waals surface area contributed by atoms with Crippen LogP contribution in [0.15, 0.2) is 47.5 Å². The molecule has 1 fully saturated rings. The van der Waals surface area contributed by atoms with E-state index in [9.17, 15) is 13.2 Å². The molecule has 0 aliphatic carbocycles. The topological polar surface area (TPSA) is 91.4 Å². The van der Waals surface area contributed by atoms with Gasteiger partial charge in [-0.15, -0.1) is 0 Å². The molecule has 0 radical (unpaired) electrons. The van der Waals surface area contributed by atoms with E-state index in [1.165, 1.54) is 0 Å². The first-order chi connectivity index (χ1) is 13.8. The van der Waals surface area contributed by atoms with E-state index in [-0.39, 0.29) is 16.7 Å². The fraction of sp³-hybridized carbons (Fsp3) is 0.429. The zero-order valence-electron chi connectivity index (χ0n) is 17.1. The van der Waals surface area contributed by atoms with Crippen molar-refractivity contribution in [3.63, 3.8) is 0 Å². The highest BCUT2D eigenvalue weighted by molar-refractivity contribution is 7.92. The molecule has 1 aromatic carbocycles. The second kappa shape index (κ2) is 8.82. The fourth-order valence-corrected chi connectivity index (χ4v) is 4.61. The molecule has 2 heterocycles. The molecule has 156 valence electrons. The van der Waals surface area contributed by atoms with Gasteiger partial charge < -0.3 is 10.2 Å². The molecule has 7 nitrogen and oxygen atoms in total. The van der Waals surface area contributed by atoms with Crippen LogP contribution in [-0.2, 0) is 14.8 Å². The number of amides is 1. The van der Waals surface area contributed by atoms with Gasteiger partial charge in [-0.1, -0.05) is 26.0 Å². The number of carbonyl (C=O) groups is 1. The van der Waals surface area contributed by atoms with Crippen molar-refractivity contribution < 1.29 is 13.2 Å². The summed E-state index contributed by atoms with van der Waals surface area (Å²) in [4.78, 5) is 18.6. The normalized spacial score (nSPS) is 17.2. The summed E-state index contributed by atoms with van der Waals surface area (Å²) in [6.07, 6.45) is 3.29. The predicted molar refractivity (Wildman–Crippen MR) is 115 cm³/mol. The van der Waals surface area contributed by atoms with Crippen molar-refractivity contribution in [1.82, 2.24) is 10.3 Å². The summed E-state index contributed by atoms with van der Waals surface area (Å²) in [6.45, 7) is 5.36. The number of nitrogens with one attached hydrogen (secondary N) is 2. The van der Waals surface area contributed by atoms with Gasteiger partial charge in [0.05, 0.1) is 16.5 Å². The standard InChI is InChI=1S/C21H28N4O3S/c1-15(2)16-8-10-18(11-9-16)29(27,28)24-19-7-4-12-23-20(19)25-13-5-6-17(14-25)21(26)22-3/h4,7-12,15,17,24H,5-6,13-14H2,1-3H3,(H,22,26). The van der Waals surface area contributed by atoms with E-state index in [1.807, 2.05) is 17.0 Å². The lowest BCUT2D eigenvalue weighted by molar-refractivity contribution is -0.124. The van der Waals surface area contributed by atoms with E-state index < -0.39 is 10.0 Å². The monoisotopic (exact) mass is 416 g/mol. The van der Waals surface area contributed by atoms with E-state index >= 15 is 0 Å². The number of hydrogen-bond donors (Lipinski definition) is 2. The van der Waals surface area contributed by atoms with Crippen molar-refractivity contribution in [1.29, 1.82) is 0 Å². The molecular formula is C21H28N4O3S. The second-order valence-electron chi connectivity index (χ2n) is 7.60. The largest absolute Gasteiger partial charge is 0.359 e. The van der Waals surface area contributed by atoms with E-state index in [0.717, 1.165) is 24.9 Å². The smallest absolute Gasteiger partial charge is 0.262 e. The van der Waals surface area contributed by atoms with Gasteiger partial charge >= 0.3 is 0 Å². The molecular weight excluding hydrogens is 388 g/mol. The average Bonchev–Trinajstić information content (AvgIpc) is 2.73. The Morgan fingerprint density at radius 1 is 1.21 bits per heavy atom. The van der Waals surface area contributed by atoms with Crippen LogP contribution in [0, 0.1) is 5.92 Å². The molecule has 2 aromatic rings. The van der Waals surface area contributed by atoms with Crippen molar-refractivity contribution in [3.05, 3.63) is 48.2 Å². The number of pyridine rings is 1. The molecule has 1 unspecified atom stereocenters. The highest BCUT2D eigenvalue weighted by atomic mass is 32.2. The van der Waals surface area contributed by atoms with Crippen LogP contribution < -0.4 is 14.9 Å². The molecule has 1 amide bonds. The maximum Gasteiger partial charge on any atom is 0.262 e. The van der Waals surface area contributed by atoms with Crippen molar-refractivity contribution in [2.24, 2.45) is 5.92 Å². The first-order valence-corrected chi connectivity index (χ1v) is 11.3. The van der Waals surface area contributed by atoms with Gasteiger partial charge in [0.2, 0.25) is 5.91 Å². The van der Waals surface area contributed by atoms with Crippen LogP contribution >= 0.6 is 0 Å². The summed E-state index contributed by atoms with van der Waals surface area (Å²) in [5, 5.41) is 2.70. The summed E-state index contributed by atoms with van der Waals surface area (Å²) in [7, 11) is -2.12. The Morgan fingerprint density at radius 3 is 2.59 bits per heavy atom. The first kappa shape index (κ1) is 21.1. The summed E-state index contributed by atoms with van der Waals surface area (Å²) in [6, 6.07) is 10.3. The van der Waals surface area contributed by atoms with E-state index in [2.05, 4.69) is 28.9 Å². The van der Waals surface area contributed by atoms with Gasteiger partial charge in [0.1, 0.15) is 0 Å². The molecule has 0 saturated carbocycles. The Bertz CT molecular complexity index is 958. The minimum absolute atomic E-state index is 0.00185. The van der Waals surface area contributed by atoms with E-state index in [0.29, 0.717) is 24.0 Å². The van der Waals surface area contributed by atoms with Crippen molar-refractivity contribution in [2.45, 2.75) is 37.5 Å². The summed E-state index contributed by atoms with van der Waals surface area (Å²) in [5.74, 6) is 0.738. The number of sulfonamides is 1. The minimum atomic E-state index is -3.75. The zero-order valence-corrected chi connectivity index (χ0v) is 17.9. The average molecular weight is 417 g/mol. The van der Waals surface area contributed by atoms with Crippen LogP contribution in [0.25, 0.3) is 0 Å². The second-order valence-corrected chi connectivity index (χ2v) is 9.29. The summed E-state index contributed by atoms with van der Waals surface area (Å²) >= 11 is 0. The first-order valence-electron chi connectivity index (χ1n) is 9.86. The number of piperidine rings is 1. The van der Waals surface area contributed by atoms with Crippen molar-refractivity contribution in [2.75, 3.05) is 29.8 Å². The molecule has 8 heteroatoms. The van der Waals surface area contributed by atoms with Crippen LogP contribution in [0.1, 0.15) is 38.2 Å². The van der Waals surface area contributed by atoms with Gasteiger partial charge in [0.25, 0.3) is 10.0 Å². The molecule has 29 heavy (non-hydrogen) atoms. The Kier molecular flexibility index (Phi) is 6.42. The third kappa shape index (κ3) is 4.87. The molecule has 1 saturated heterocycles. The van der Waals surface area contributed by atoms with Gasteiger partial charge in [-0.2, -0.15) is 0 Å². The number of rotatable bonds is 6. The Labute approximate surface area is 172 Å². The lowest BCUT2D eigenvalue weighted by Gasteiger charge is -2.33. The summed E-state index contributed by atoms with van der Waals surface area (Å²) < 4.78 is 28.5. The molecule has 1 aliphatic rings. The third-order valence-electron chi connectivity index (χ3n) is 5.23. The van der Waals surface area contributed by atoms with Crippen LogP contribution in [0.3, 0.4) is 0 Å². The summed E-state index contributed by atoms with van der Waals surface area (Å²) in [5.41, 5.74) is 1.50. The van der Waals surface area contributed by atoms with Crippen molar-refractivity contribution in [3.8, 4) is 0 Å². The molecule has 3 rings (SSSR count). The van der Waals surface area contributed by atoms with E-state index in [4.69, 9.17) is 0 Å². The lowest BCUT2D eigenvalue weighted by atomic mass is 9.97. The molecule has 0 bridgehead atoms. The predicted octanol–water partition coefficient (Wildman–Crippen LogP) is 2.97. The number of carbonyl (C=O) groups excluding carboxylic acids is 1. The van der Waals surface area contributed by atoms with Gasteiger partial charge in [-0.3, -0.25) is 9.52 Å². The van der Waals surface area contributed by atoms with Crippen LogP contribution in [0.2, 0.25) is 0 Å². The number of aromatic nitrogens is 1. The quantitative estimate of drug-likeness (QED) is 0.755. The fourth-order valence-electron chi connectivity index (χ4n) is 3.55. The zero-order chi connectivity index (χ0) is 21.0. The molecule has 2 N–H and O–H groups in total. The number of anilines is 2. The third-order valence-corrected chi connectivity index (χ3v) is 6.61. The number of hydrogen-bond acceptors (Lipinski definition) is 5. The molecule has 1 aromatic heterocycles. The highest BCUT2D eigenvalue weighted by Gasteiger charge is 2.28. The Balaban J connectivity index is 1.84. The number of nitrogens with zero attached hydrogens (tertiary/aromatic N) is 2. The van der Waals surface area contributed by atoms with Crippen LogP contribution in [0.4, 0.5) is 11.5 Å². The Hall–Kier alpha value is -2.61. The van der Waals surface area contributed by atoms with Crippen molar-refractivity contribution >= 4 is 27.4 Å². The van der Waals surface area contributed by atoms with E-state index in [1.54, 1.807) is 37.5 Å². The van der Waals surface area contributed by atoms with Crippen LogP contribution in [0.5, 0.6) is 0 Å². The van der Waals surface area contributed by atoms with Crippen LogP contribution in [-0.4, -0.2) is 39.4 Å². The number of benzene rings is 1. The maximum absolute atomic E-state index is 12.9. The SMILES string of the molecule is CNC(=O)C1CCCN(c2ncccc2NS(=O)(=O)c2ccc(C(C)C)cc2)C1. The maximum atomic E-state index is 12.9. The van der Waals surface area contributed by atoms with Gasteiger partial charge in [-0.25, -0.2) is 13.4 Å². The van der Waals surface area contributed by atoms with Gasteiger partial charge in [-0.05, 0) is 48.6 Å². The van der Waals surface area contributed by atoms with Gasteiger partial charge in [0, 0.05) is 26.3 Å². The molecule has 0 spiro atoms. The van der Waals surface area contributed by atoms with Gasteiger partial charge in [0.15, 0.2) is 5.82 Å². The Morgan fingerprint density at radius 2 is 1.93 bits per heavy atom. The highest BCUT2D eigenvalue weighted by Crippen LogP contribution is 2.30.